The lowest BCUT2D eigenvalue weighted by atomic mass is 10.1. The molecule has 0 aliphatic carbocycles. The van der Waals surface area contributed by atoms with Crippen LogP contribution in [0.5, 0.6) is 0 Å². The minimum Gasteiger partial charge on any atom is -0.464 e. The molecule has 4 heteroatoms. The highest BCUT2D eigenvalue weighted by molar-refractivity contribution is 5.82. The van der Waals surface area contributed by atoms with Gasteiger partial charge in [0.15, 0.2) is 5.76 Å². The third kappa shape index (κ3) is 1.27. The van der Waals surface area contributed by atoms with Crippen LogP contribution < -0.4 is 5.73 Å². The second-order valence-electron chi connectivity index (χ2n) is 3.24. The van der Waals surface area contributed by atoms with Crippen molar-refractivity contribution in [1.82, 2.24) is 4.98 Å². The fourth-order valence-corrected chi connectivity index (χ4v) is 1.54. The maximum Gasteiger partial charge on any atom is 0.292 e. The van der Waals surface area contributed by atoms with Crippen molar-refractivity contribution in [2.45, 2.75) is 0 Å². The molecule has 3 rings (SSSR count). The van der Waals surface area contributed by atoms with Gasteiger partial charge in [-0.1, -0.05) is 0 Å². The second-order valence-corrected chi connectivity index (χ2v) is 3.24. The highest BCUT2D eigenvalue weighted by Gasteiger charge is 2.05. The predicted octanol–water partition coefficient (Wildman–Crippen LogP) is 2.67. The zero-order valence-corrected chi connectivity index (χ0v) is 7.81. The van der Waals surface area contributed by atoms with E-state index in [-0.39, 0.29) is 6.01 Å². The number of aromatic nitrogens is 1. The molecule has 74 valence electrons. The number of fused-ring (bicyclic) bond motifs is 1. The van der Waals surface area contributed by atoms with Crippen LogP contribution in [0.4, 0.5) is 6.01 Å². The van der Waals surface area contributed by atoms with E-state index in [0.717, 1.165) is 16.5 Å². The van der Waals surface area contributed by atoms with Gasteiger partial charge in [-0.05, 0) is 24.3 Å². The third-order valence-corrected chi connectivity index (χ3v) is 2.26. The maximum atomic E-state index is 5.41. The van der Waals surface area contributed by atoms with Gasteiger partial charge in [-0.3, -0.25) is 0 Å². The zero-order valence-electron chi connectivity index (χ0n) is 7.81. The molecule has 0 unspecified atom stereocenters. The number of anilines is 1. The van der Waals surface area contributed by atoms with Crippen LogP contribution in [0.1, 0.15) is 0 Å². The molecule has 0 radical (unpaired) electrons. The first-order chi connectivity index (χ1) is 7.33. The molecular weight excluding hydrogens is 192 g/mol. The predicted molar refractivity (Wildman–Crippen MR) is 56.1 cm³/mol. The van der Waals surface area contributed by atoms with Gasteiger partial charge in [0, 0.05) is 10.9 Å². The van der Waals surface area contributed by atoms with Gasteiger partial charge in [0.05, 0.1) is 12.5 Å². The Balaban J connectivity index is 2.18. The number of hydrogen-bond acceptors (Lipinski definition) is 4. The van der Waals surface area contributed by atoms with Gasteiger partial charge in [0.1, 0.15) is 5.58 Å². The first-order valence-corrected chi connectivity index (χ1v) is 4.52. The number of benzene rings is 1. The summed E-state index contributed by atoms with van der Waals surface area (Å²) >= 11 is 0. The van der Waals surface area contributed by atoms with E-state index in [9.17, 15) is 0 Å². The number of furan rings is 1. The summed E-state index contributed by atoms with van der Waals surface area (Å²) in [5.41, 5.74) is 7.20. The summed E-state index contributed by atoms with van der Waals surface area (Å²) in [5, 5.41) is 1.03. The largest absolute Gasteiger partial charge is 0.464 e. The minimum atomic E-state index is 0.178. The number of rotatable bonds is 1. The quantitative estimate of drug-likeness (QED) is 0.655. The van der Waals surface area contributed by atoms with Crippen LogP contribution in [0, 0.1) is 0 Å². The molecule has 0 bridgehead atoms. The highest BCUT2D eigenvalue weighted by Crippen LogP contribution is 2.25. The zero-order chi connectivity index (χ0) is 10.3. The van der Waals surface area contributed by atoms with Crippen LogP contribution in [0.15, 0.2) is 45.6 Å². The van der Waals surface area contributed by atoms with Crippen molar-refractivity contribution < 1.29 is 8.83 Å². The molecule has 0 aliphatic rings. The third-order valence-electron chi connectivity index (χ3n) is 2.26. The monoisotopic (exact) mass is 200 g/mol. The van der Waals surface area contributed by atoms with E-state index in [0.29, 0.717) is 5.76 Å². The summed E-state index contributed by atoms with van der Waals surface area (Å²) < 4.78 is 10.5. The number of nitrogen functional groups attached to an aromatic ring is 1. The van der Waals surface area contributed by atoms with E-state index in [1.165, 1.54) is 0 Å². The van der Waals surface area contributed by atoms with Gasteiger partial charge in [-0.25, -0.2) is 4.98 Å². The van der Waals surface area contributed by atoms with Crippen molar-refractivity contribution in [3.05, 3.63) is 36.7 Å². The summed E-state index contributed by atoms with van der Waals surface area (Å²) in [5.74, 6) is 0.663. The smallest absolute Gasteiger partial charge is 0.292 e. The fraction of sp³-hybridized carbons (Fsp3) is 0. The molecule has 0 amide bonds. The summed E-state index contributed by atoms with van der Waals surface area (Å²) in [6, 6.07) is 7.85. The van der Waals surface area contributed by atoms with Gasteiger partial charge >= 0.3 is 0 Å². The Kier molecular flexibility index (Phi) is 1.56. The van der Waals surface area contributed by atoms with Gasteiger partial charge in [0.2, 0.25) is 0 Å². The van der Waals surface area contributed by atoms with Crippen LogP contribution in [0.25, 0.3) is 22.3 Å². The normalized spacial score (nSPS) is 10.9. The molecule has 0 fully saturated rings. The summed E-state index contributed by atoms with van der Waals surface area (Å²) in [6.07, 6.45) is 3.26. The molecule has 4 nitrogen and oxygen atoms in total. The molecule has 2 heterocycles. The molecule has 0 aliphatic heterocycles. The summed E-state index contributed by atoms with van der Waals surface area (Å²) in [7, 11) is 0. The van der Waals surface area contributed by atoms with Crippen molar-refractivity contribution in [1.29, 1.82) is 0 Å². The molecule has 0 spiro atoms. The van der Waals surface area contributed by atoms with Crippen molar-refractivity contribution in [2.24, 2.45) is 0 Å². The van der Waals surface area contributed by atoms with Crippen molar-refractivity contribution in [3.63, 3.8) is 0 Å². The lowest BCUT2D eigenvalue weighted by molar-refractivity contribution is 0.595. The SMILES string of the molecule is Nc1ncc(-c2ccc3occc3c2)o1. The first-order valence-electron chi connectivity index (χ1n) is 4.52. The Morgan fingerprint density at radius 1 is 1.20 bits per heavy atom. The standard InChI is InChI=1S/C11H8N2O2/c12-11-13-6-10(15-11)7-1-2-9-8(5-7)3-4-14-9/h1-6H,(H2,12,13). The Morgan fingerprint density at radius 2 is 2.13 bits per heavy atom. The number of hydrogen-bond donors (Lipinski definition) is 1. The second kappa shape index (κ2) is 2.88. The Labute approximate surface area is 85.3 Å². The van der Waals surface area contributed by atoms with Gasteiger partial charge < -0.3 is 14.6 Å². The molecule has 0 atom stereocenters. The van der Waals surface area contributed by atoms with Crippen LogP contribution >= 0.6 is 0 Å². The van der Waals surface area contributed by atoms with Crippen molar-refractivity contribution >= 4 is 17.0 Å². The van der Waals surface area contributed by atoms with Crippen molar-refractivity contribution in [3.8, 4) is 11.3 Å². The molecule has 2 aromatic heterocycles. The van der Waals surface area contributed by atoms with E-state index in [4.69, 9.17) is 14.6 Å². The molecule has 2 N–H and O–H groups in total. The van der Waals surface area contributed by atoms with E-state index in [1.807, 2.05) is 24.3 Å². The van der Waals surface area contributed by atoms with E-state index >= 15 is 0 Å². The van der Waals surface area contributed by atoms with Crippen molar-refractivity contribution in [2.75, 3.05) is 5.73 Å². The van der Waals surface area contributed by atoms with Gasteiger partial charge in [0.25, 0.3) is 6.01 Å². The van der Waals surface area contributed by atoms with E-state index < -0.39 is 0 Å². The summed E-state index contributed by atoms with van der Waals surface area (Å²) in [6.45, 7) is 0. The number of nitrogens with two attached hydrogens (primary N) is 1. The van der Waals surface area contributed by atoms with Crippen LogP contribution in [0.2, 0.25) is 0 Å². The molecule has 3 aromatic rings. The highest BCUT2D eigenvalue weighted by atomic mass is 16.4. The average Bonchev–Trinajstić information content (AvgIpc) is 2.84. The molecule has 0 saturated heterocycles. The molecule has 0 saturated carbocycles. The van der Waals surface area contributed by atoms with E-state index in [1.54, 1.807) is 12.5 Å². The lowest BCUT2D eigenvalue weighted by Crippen LogP contribution is -1.80. The molecular formula is C11H8N2O2. The van der Waals surface area contributed by atoms with Crippen LogP contribution in [0.3, 0.4) is 0 Å². The fourth-order valence-electron chi connectivity index (χ4n) is 1.54. The minimum absolute atomic E-state index is 0.178. The van der Waals surface area contributed by atoms with Gasteiger partial charge in [-0.15, -0.1) is 0 Å². The maximum absolute atomic E-state index is 5.41. The summed E-state index contributed by atoms with van der Waals surface area (Å²) in [4.78, 5) is 3.85. The topological polar surface area (TPSA) is 65.2 Å². The van der Waals surface area contributed by atoms with Crippen LogP contribution in [-0.2, 0) is 0 Å². The van der Waals surface area contributed by atoms with E-state index in [2.05, 4.69) is 4.98 Å². The lowest BCUT2D eigenvalue weighted by Gasteiger charge is -1.95. The average molecular weight is 200 g/mol. The Morgan fingerprint density at radius 3 is 2.93 bits per heavy atom. The number of oxazole rings is 1. The Hall–Kier alpha value is -2.23. The molecule has 15 heavy (non-hydrogen) atoms. The van der Waals surface area contributed by atoms with Crippen LogP contribution in [-0.4, -0.2) is 4.98 Å². The molecule has 1 aromatic carbocycles. The number of nitrogens with zero attached hydrogens (tertiary/aromatic N) is 1. The first kappa shape index (κ1) is 8.11. The Bertz CT molecular complexity index is 610. The van der Waals surface area contributed by atoms with Gasteiger partial charge in [-0.2, -0.15) is 0 Å².